The van der Waals surface area contributed by atoms with Crippen LogP contribution in [0.3, 0.4) is 0 Å². The maximum atomic E-state index is 11.9. The molecule has 0 aliphatic carbocycles. The Labute approximate surface area is 89.4 Å². The van der Waals surface area contributed by atoms with Crippen molar-refractivity contribution in [3.8, 4) is 0 Å². The molecule has 0 spiro atoms. The van der Waals surface area contributed by atoms with E-state index in [0.717, 1.165) is 18.5 Å². The van der Waals surface area contributed by atoms with Crippen LogP contribution in [0.4, 0.5) is 0 Å². The van der Waals surface area contributed by atoms with Gasteiger partial charge in [0, 0.05) is 6.54 Å². The van der Waals surface area contributed by atoms with Crippen molar-refractivity contribution in [3.05, 3.63) is 35.9 Å². The van der Waals surface area contributed by atoms with Gasteiger partial charge in [0.25, 0.3) is 0 Å². The van der Waals surface area contributed by atoms with E-state index in [1.165, 1.54) is 7.11 Å². The molecule has 0 saturated carbocycles. The SMILES string of the molecule is COC(=O)[C@@]1(c2ccccc2)CCNC1. The smallest absolute Gasteiger partial charge is 0.317 e. The van der Waals surface area contributed by atoms with Crippen LogP contribution < -0.4 is 5.32 Å². The Balaban J connectivity index is 2.39. The maximum absolute atomic E-state index is 11.9. The molecule has 0 aromatic heterocycles. The number of carbonyl (C=O) groups is 1. The number of methoxy groups -OCH3 is 1. The van der Waals surface area contributed by atoms with Gasteiger partial charge in [-0.25, -0.2) is 0 Å². The first-order valence-electron chi connectivity index (χ1n) is 5.14. The lowest BCUT2D eigenvalue weighted by molar-refractivity contribution is -0.146. The summed E-state index contributed by atoms with van der Waals surface area (Å²) in [5, 5.41) is 3.23. The molecule has 1 aromatic carbocycles. The molecule has 1 aliphatic rings. The van der Waals surface area contributed by atoms with Crippen molar-refractivity contribution in [1.82, 2.24) is 5.32 Å². The summed E-state index contributed by atoms with van der Waals surface area (Å²) < 4.78 is 4.91. The fourth-order valence-corrected chi connectivity index (χ4v) is 2.18. The van der Waals surface area contributed by atoms with Gasteiger partial charge in [0.1, 0.15) is 5.41 Å². The molecule has 1 saturated heterocycles. The summed E-state index contributed by atoms with van der Waals surface area (Å²) in [7, 11) is 1.45. The Morgan fingerprint density at radius 2 is 2.13 bits per heavy atom. The van der Waals surface area contributed by atoms with Gasteiger partial charge in [-0.1, -0.05) is 30.3 Å². The van der Waals surface area contributed by atoms with Crippen LogP contribution in [0.2, 0.25) is 0 Å². The van der Waals surface area contributed by atoms with Crippen LogP contribution in [0.5, 0.6) is 0 Å². The van der Waals surface area contributed by atoms with Crippen LogP contribution in [0, 0.1) is 0 Å². The Hall–Kier alpha value is -1.35. The van der Waals surface area contributed by atoms with Gasteiger partial charge < -0.3 is 10.1 Å². The number of esters is 1. The lowest BCUT2D eigenvalue weighted by Crippen LogP contribution is -2.38. The Morgan fingerprint density at radius 1 is 1.40 bits per heavy atom. The summed E-state index contributed by atoms with van der Waals surface area (Å²) in [5.74, 6) is -0.140. The average molecular weight is 205 g/mol. The molecule has 1 aromatic rings. The highest BCUT2D eigenvalue weighted by atomic mass is 16.5. The molecule has 1 fully saturated rings. The van der Waals surface area contributed by atoms with E-state index >= 15 is 0 Å². The van der Waals surface area contributed by atoms with Gasteiger partial charge in [0.05, 0.1) is 7.11 Å². The third-order valence-corrected chi connectivity index (χ3v) is 3.06. The second-order valence-corrected chi connectivity index (χ2v) is 3.87. The van der Waals surface area contributed by atoms with Crippen LogP contribution >= 0.6 is 0 Å². The van der Waals surface area contributed by atoms with Crippen LogP contribution in [-0.4, -0.2) is 26.2 Å². The highest BCUT2D eigenvalue weighted by molar-refractivity contribution is 5.84. The van der Waals surface area contributed by atoms with Crippen molar-refractivity contribution in [2.24, 2.45) is 0 Å². The van der Waals surface area contributed by atoms with Gasteiger partial charge in [-0.2, -0.15) is 0 Å². The second kappa shape index (κ2) is 4.03. The third kappa shape index (κ3) is 1.63. The number of hydrogen-bond acceptors (Lipinski definition) is 3. The number of ether oxygens (including phenoxy) is 1. The van der Waals surface area contributed by atoms with Gasteiger partial charge in [0.15, 0.2) is 0 Å². The van der Waals surface area contributed by atoms with E-state index in [9.17, 15) is 4.79 Å². The summed E-state index contributed by atoms with van der Waals surface area (Å²) in [6.07, 6.45) is 0.809. The molecule has 1 N–H and O–H groups in total. The number of carbonyl (C=O) groups excluding carboxylic acids is 1. The monoisotopic (exact) mass is 205 g/mol. The predicted molar refractivity (Wildman–Crippen MR) is 57.6 cm³/mol. The van der Waals surface area contributed by atoms with E-state index in [0.29, 0.717) is 6.54 Å². The summed E-state index contributed by atoms with van der Waals surface area (Å²) in [6.45, 7) is 1.54. The first-order chi connectivity index (χ1) is 7.29. The topological polar surface area (TPSA) is 38.3 Å². The summed E-state index contributed by atoms with van der Waals surface area (Å²) in [5.41, 5.74) is 0.567. The van der Waals surface area contributed by atoms with Crippen molar-refractivity contribution in [3.63, 3.8) is 0 Å². The highest BCUT2D eigenvalue weighted by Crippen LogP contribution is 2.31. The Kier molecular flexibility index (Phi) is 2.73. The molecule has 1 heterocycles. The first kappa shape index (κ1) is 10.2. The van der Waals surface area contributed by atoms with Crippen molar-refractivity contribution in [1.29, 1.82) is 0 Å². The minimum atomic E-state index is -0.476. The van der Waals surface area contributed by atoms with Crippen LogP contribution in [0.15, 0.2) is 30.3 Å². The van der Waals surface area contributed by atoms with Crippen molar-refractivity contribution in [2.45, 2.75) is 11.8 Å². The molecule has 0 amide bonds. The van der Waals surface area contributed by atoms with Gasteiger partial charge in [-0.15, -0.1) is 0 Å². The number of rotatable bonds is 2. The highest BCUT2D eigenvalue weighted by Gasteiger charge is 2.43. The lowest BCUT2D eigenvalue weighted by Gasteiger charge is -2.25. The van der Waals surface area contributed by atoms with E-state index in [-0.39, 0.29) is 5.97 Å². The zero-order valence-electron chi connectivity index (χ0n) is 8.82. The fraction of sp³-hybridized carbons (Fsp3) is 0.417. The molecule has 0 bridgehead atoms. The molecular formula is C12H15NO2. The van der Waals surface area contributed by atoms with E-state index in [2.05, 4.69) is 5.32 Å². The van der Waals surface area contributed by atoms with Crippen LogP contribution in [0.1, 0.15) is 12.0 Å². The Bertz CT molecular complexity index is 342. The minimum Gasteiger partial charge on any atom is -0.468 e. The molecular weight excluding hydrogens is 190 g/mol. The van der Waals surface area contributed by atoms with Gasteiger partial charge >= 0.3 is 5.97 Å². The predicted octanol–water partition coefficient (Wildman–Crippen LogP) is 1.09. The molecule has 2 rings (SSSR count). The fourth-order valence-electron chi connectivity index (χ4n) is 2.18. The first-order valence-corrected chi connectivity index (χ1v) is 5.14. The standard InChI is InChI=1S/C12H15NO2/c1-15-11(14)12(7-8-13-9-12)10-5-3-2-4-6-10/h2-6,13H,7-9H2,1H3/t12-/m0/s1. The molecule has 0 unspecified atom stereocenters. The molecule has 3 nitrogen and oxygen atoms in total. The van der Waals surface area contributed by atoms with E-state index in [4.69, 9.17) is 4.74 Å². The van der Waals surface area contributed by atoms with Crippen LogP contribution in [0.25, 0.3) is 0 Å². The zero-order chi connectivity index (χ0) is 10.7. The number of hydrogen-bond donors (Lipinski definition) is 1. The molecule has 1 aliphatic heterocycles. The largest absolute Gasteiger partial charge is 0.468 e. The molecule has 80 valence electrons. The molecule has 1 atom stereocenters. The van der Waals surface area contributed by atoms with Gasteiger partial charge in [0.2, 0.25) is 0 Å². The lowest BCUT2D eigenvalue weighted by atomic mass is 9.80. The normalized spacial score (nSPS) is 25.1. The summed E-state index contributed by atoms with van der Waals surface area (Å²) >= 11 is 0. The third-order valence-electron chi connectivity index (χ3n) is 3.06. The number of benzene rings is 1. The Morgan fingerprint density at radius 3 is 2.67 bits per heavy atom. The van der Waals surface area contributed by atoms with E-state index < -0.39 is 5.41 Å². The quantitative estimate of drug-likeness (QED) is 0.734. The van der Waals surface area contributed by atoms with Gasteiger partial charge in [-0.3, -0.25) is 4.79 Å². The molecule has 3 heteroatoms. The zero-order valence-corrected chi connectivity index (χ0v) is 8.82. The van der Waals surface area contributed by atoms with Crippen molar-refractivity contribution in [2.75, 3.05) is 20.2 Å². The van der Waals surface area contributed by atoms with E-state index in [1.54, 1.807) is 0 Å². The molecule has 0 radical (unpaired) electrons. The molecule has 15 heavy (non-hydrogen) atoms. The average Bonchev–Trinajstić information content (AvgIpc) is 2.79. The maximum Gasteiger partial charge on any atom is 0.317 e. The van der Waals surface area contributed by atoms with Crippen molar-refractivity contribution >= 4 is 5.97 Å². The van der Waals surface area contributed by atoms with Gasteiger partial charge in [-0.05, 0) is 18.5 Å². The summed E-state index contributed by atoms with van der Waals surface area (Å²) in [6, 6.07) is 9.85. The summed E-state index contributed by atoms with van der Waals surface area (Å²) in [4.78, 5) is 11.9. The number of nitrogens with one attached hydrogen (secondary N) is 1. The second-order valence-electron chi connectivity index (χ2n) is 3.87. The van der Waals surface area contributed by atoms with E-state index in [1.807, 2.05) is 30.3 Å². The van der Waals surface area contributed by atoms with Crippen molar-refractivity contribution < 1.29 is 9.53 Å². The van der Waals surface area contributed by atoms with Crippen LogP contribution in [-0.2, 0) is 14.9 Å². The minimum absolute atomic E-state index is 0.140.